The van der Waals surface area contributed by atoms with Gasteiger partial charge >= 0.3 is 0 Å². The van der Waals surface area contributed by atoms with Crippen molar-refractivity contribution in [2.75, 3.05) is 20.1 Å². The molecule has 2 heteroatoms. The largest absolute Gasteiger partial charge is 0.313 e. The van der Waals surface area contributed by atoms with E-state index in [9.17, 15) is 0 Å². The van der Waals surface area contributed by atoms with Crippen LogP contribution in [0.25, 0.3) is 0 Å². The Balaban J connectivity index is 3.51. The van der Waals surface area contributed by atoms with E-state index in [1.807, 2.05) is 0 Å². The summed E-state index contributed by atoms with van der Waals surface area (Å²) < 4.78 is 0. The normalized spacial score (nSPS) is 13.2. The van der Waals surface area contributed by atoms with Crippen molar-refractivity contribution in [1.29, 1.82) is 0 Å². The van der Waals surface area contributed by atoms with Gasteiger partial charge in [-0.25, -0.2) is 0 Å². The molecular weight excluding hydrogens is 196 g/mol. The minimum Gasteiger partial charge on any atom is -0.313 e. The molecular formula is C14H30N2. The number of rotatable bonds is 8. The average molecular weight is 226 g/mol. The number of likely N-dealkylation sites (N-methyl/N-ethyl adjacent to an activating group) is 1. The zero-order valence-electron chi connectivity index (χ0n) is 12.0. The second-order valence-corrected chi connectivity index (χ2v) is 5.29. The summed E-state index contributed by atoms with van der Waals surface area (Å²) >= 11 is 0. The van der Waals surface area contributed by atoms with Crippen LogP contribution in [0.15, 0.2) is 11.6 Å². The molecule has 2 nitrogen and oxygen atoms in total. The first-order valence-corrected chi connectivity index (χ1v) is 6.50. The monoisotopic (exact) mass is 226 g/mol. The topological polar surface area (TPSA) is 15.3 Å². The quantitative estimate of drug-likeness (QED) is 0.640. The number of nitrogens with zero attached hydrogens (tertiary/aromatic N) is 1. The molecule has 0 fully saturated rings. The summed E-state index contributed by atoms with van der Waals surface area (Å²) in [5.41, 5.74) is 1.42. The highest BCUT2D eigenvalue weighted by Crippen LogP contribution is 2.01. The maximum absolute atomic E-state index is 3.57. The summed E-state index contributed by atoms with van der Waals surface area (Å²) in [4.78, 5) is 2.37. The highest BCUT2D eigenvalue weighted by atomic mass is 15.1. The van der Waals surface area contributed by atoms with E-state index in [4.69, 9.17) is 0 Å². The summed E-state index contributed by atoms with van der Waals surface area (Å²) in [6.07, 6.45) is 4.74. The lowest BCUT2D eigenvalue weighted by Gasteiger charge is -2.22. The maximum atomic E-state index is 3.57. The zero-order valence-corrected chi connectivity index (χ0v) is 12.0. The molecule has 1 unspecified atom stereocenters. The number of hydrogen-bond donors (Lipinski definition) is 1. The Bertz CT molecular complexity index is 193. The second kappa shape index (κ2) is 8.77. The Kier molecular flexibility index (Phi) is 8.58. The summed E-state index contributed by atoms with van der Waals surface area (Å²) in [6, 6.07) is 1.26. The van der Waals surface area contributed by atoms with Crippen LogP contribution in [0.3, 0.4) is 0 Å². The lowest BCUT2D eigenvalue weighted by atomic mass is 10.1. The molecule has 0 saturated carbocycles. The van der Waals surface area contributed by atoms with Gasteiger partial charge in [0, 0.05) is 25.2 Å². The third-order valence-corrected chi connectivity index (χ3v) is 2.99. The van der Waals surface area contributed by atoms with Crippen molar-refractivity contribution < 1.29 is 0 Å². The predicted octanol–water partition coefficient (Wildman–Crippen LogP) is 3.05. The van der Waals surface area contributed by atoms with Gasteiger partial charge in [-0.3, -0.25) is 0 Å². The van der Waals surface area contributed by atoms with Crippen LogP contribution in [0.2, 0.25) is 0 Å². The zero-order chi connectivity index (χ0) is 12.6. The minimum atomic E-state index is 0.621. The van der Waals surface area contributed by atoms with E-state index in [0.717, 1.165) is 13.1 Å². The van der Waals surface area contributed by atoms with Gasteiger partial charge in [0.05, 0.1) is 0 Å². The minimum absolute atomic E-state index is 0.621. The smallest absolute Gasteiger partial charge is 0.0107 e. The highest BCUT2D eigenvalue weighted by molar-refractivity contribution is 4.93. The van der Waals surface area contributed by atoms with Gasteiger partial charge in [0.2, 0.25) is 0 Å². The first-order valence-electron chi connectivity index (χ1n) is 6.50. The van der Waals surface area contributed by atoms with E-state index in [1.54, 1.807) is 0 Å². The lowest BCUT2D eigenvalue weighted by Crippen LogP contribution is -2.37. The summed E-state index contributed by atoms with van der Waals surface area (Å²) in [5, 5.41) is 3.57. The van der Waals surface area contributed by atoms with Crippen LogP contribution < -0.4 is 5.32 Å². The number of nitrogens with one attached hydrogen (secondary N) is 1. The van der Waals surface area contributed by atoms with Gasteiger partial charge in [0.15, 0.2) is 0 Å². The van der Waals surface area contributed by atoms with E-state index >= 15 is 0 Å². The molecule has 96 valence electrons. The Hall–Kier alpha value is -0.340. The molecule has 1 N–H and O–H groups in total. The van der Waals surface area contributed by atoms with Crippen LogP contribution in [0.4, 0.5) is 0 Å². The van der Waals surface area contributed by atoms with Crippen LogP contribution in [0.5, 0.6) is 0 Å². The van der Waals surface area contributed by atoms with Crippen molar-refractivity contribution in [3.05, 3.63) is 11.6 Å². The molecule has 0 aliphatic carbocycles. The van der Waals surface area contributed by atoms with Crippen molar-refractivity contribution in [3.63, 3.8) is 0 Å². The van der Waals surface area contributed by atoms with Crippen LogP contribution >= 0.6 is 0 Å². The molecule has 0 heterocycles. The lowest BCUT2D eigenvalue weighted by molar-refractivity contribution is 0.269. The molecule has 0 saturated heterocycles. The van der Waals surface area contributed by atoms with Gasteiger partial charge in [0.25, 0.3) is 0 Å². The van der Waals surface area contributed by atoms with Gasteiger partial charge in [-0.2, -0.15) is 0 Å². The molecule has 0 aliphatic rings. The van der Waals surface area contributed by atoms with E-state index in [-0.39, 0.29) is 0 Å². The summed E-state index contributed by atoms with van der Waals surface area (Å²) in [7, 11) is 2.18. The Morgan fingerprint density at radius 2 is 1.88 bits per heavy atom. The van der Waals surface area contributed by atoms with Crippen LogP contribution in [-0.4, -0.2) is 37.1 Å². The number of allylic oxidation sites excluding steroid dienone is 2. The maximum Gasteiger partial charge on any atom is 0.0107 e. The van der Waals surface area contributed by atoms with E-state index in [0.29, 0.717) is 12.1 Å². The van der Waals surface area contributed by atoms with Gasteiger partial charge < -0.3 is 10.2 Å². The molecule has 0 spiro atoms. The third-order valence-electron chi connectivity index (χ3n) is 2.99. The van der Waals surface area contributed by atoms with Crippen LogP contribution in [0, 0.1) is 0 Å². The molecule has 0 aromatic carbocycles. The SMILES string of the molecule is CC(C)=CCCC(C)NCCN(C)C(C)C. The van der Waals surface area contributed by atoms with Crippen molar-refractivity contribution in [3.8, 4) is 0 Å². The molecule has 0 bridgehead atoms. The molecule has 0 aliphatic heterocycles. The molecule has 0 amide bonds. The fourth-order valence-corrected chi connectivity index (χ4v) is 1.47. The fraction of sp³-hybridized carbons (Fsp3) is 0.857. The third kappa shape index (κ3) is 8.93. The van der Waals surface area contributed by atoms with E-state index in [1.165, 1.54) is 18.4 Å². The van der Waals surface area contributed by atoms with E-state index < -0.39 is 0 Å². The number of hydrogen-bond acceptors (Lipinski definition) is 2. The Morgan fingerprint density at radius 3 is 2.38 bits per heavy atom. The van der Waals surface area contributed by atoms with Gasteiger partial charge in [-0.15, -0.1) is 0 Å². The molecule has 0 radical (unpaired) electrons. The van der Waals surface area contributed by atoms with Gasteiger partial charge in [-0.05, 0) is 54.5 Å². The van der Waals surface area contributed by atoms with Crippen molar-refractivity contribution in [2.24, 2.45) is 0 Å². The molecule has 1 atom stereocenters. The standard InChI is InChI=1S/C14H30N2/c1-12(2)8-7-9-14(5)15-10-11-16(6)13(3)4/h8,13-15H,7,9-11H2,1-6H3. The first kappa shape index (κ1) is 15.7. The molecule has 0 rings (SSSR count). The molecule has 16 heavy (non-hydrogen) atoms. The van der Waals surface area contributed by atoms with Crippen LogP contribution in [0.1, 0.15) is 47.5 Å². The Labute approximate surface area is 102 Å². The van der Waals surface area contributed by atoms with Crippen molar-refractivity contribution in [1.82, 2.24) is 10.2 Å². The average Bonchev–Trinajstić information content (AvgIpc) is 2.16. The first-order chi connectivity index (χ1) is 7.43. The van der Waals surface area contributed by atoms with E-state index in [2.05, 4.69) is 58.0 Å². The van der Waals surface area contributed by atoms with Gasteiger partial charge in [0.1, 0.15) is 0 Å². The predicted molar refractivity (Wildman–Crippen MR) is 73.9 cm³/mol. The Morgan fingerprint density at radius 1 is 1.25 bits per heavy atom. The summed E-state index contributed by atoms with van der Waals surface area (Å²) in [5.74, 6) is 0. The highest BCUT2D eigenvalue weighted by Gasteiger charge is 2.04. The second-order valence-electron chi connectivity index (χ2n) is 5.29. The molecule has 0 aromatic rings. The summed E-state index contributed by atoms with van der Waals surface area (Å²) in [6.45, 7) is 13.3. The fourth-order valence-electron chi connectivity index (χ4n) is 1.47. The van der Waals surface area contributed by atoms with Crippen molar-refractivity contribution >= 4 is 0 Å². The van der Waals surface area contributed by atoms with Crippen LogP contribution in [-0.2, 0) is 0 Å². The van der Waals surface area contributed by atoms with Gasteiger partial charge in [-0.1, -0.05) is 11.6 Å². The van der Waals surface area contributed by atoms with Crippen molar-refractivity contribution in [2.45, 2.75) is 59.5 Å². The molecule has 0 aromatic heterocycles.